The van der Waals surface area contributed by atoms with Crippen molar-refractivity contribution in [3.05, 3.63) is 58.2 Å². The van der Waals surface area contributed by atoms with E-state index in [-0.39, 0.29) is 5.02 Å². The van der Waals surface area contributed by atoms with Gasteiger partial charge in [-0.05, 0) is 57.5 Å². The van der Waals surface area contributed by atoms with E-state index in [9.17, 15) is 4.39 Å². The monoisotopic (exact) mass is 491 g/mol. The Labute approximate surface area is 203 Å². The van der Waals surface area contributed by atoms with E-state index in [2.05, 4.69) is 33.8 Å². The van der Waals surface area contributed by atoms with Crippen molar-refractivity contribution in [2.75, 3.05) is 25.0 Å². The van der Waals surface area contributed by atoms with Crippen LogP contribution in [0.15, 0.2) is 36.8 Å². The Morgan fingerprint density at radius 3 is 2.79 bits per heavy atom. The molecule has 2 aromatic heterocycles. The van der Waals surface area contributed by atoms with Gasteiger partial charge in [0.1, 0.15) is 11.9 Å². The van der Waals surface area contributed by atoms with E-state index in [0.717, 1.165) is 50.0 Å². The lowest BCUT2D eigenvalue weighted by molar-refractivity contribution is 0.227. The molecule has 33 heavy (non-hydrogen) atoms. The molecule has 1 aliphatic rings. The van der Waals surface area contributed by atoms with E-state index in [1.807, 2.05) is 16.9 Å². The summed E-state index contributed by atoms with van der Waals surface area (Å²) in [6.07, 6.45) is 8.17. The molecule has 3 aromatic rings. The molecule has 0 unspecified atom stereocenters. The first-order chi connectivity index (χ1) is 16.0. The van der Waals surface area contributed by atoms with Crippen LogP contribution in [0, 0.1) is 5.82 Å². The number of anilines is 1. The number of rotatable bonds is 8. The van der Waals surface area contributed by atoms with E-state index in [4.69, 9.17) is 27.9 Å². The first-order valence-electron chi connectivity index (χ1n) is 11.3. The quantitative estimate of drug-likeness (QED) is 0.363. The standard InChI is InChI=1S/C24H28Cl2FN5O/c1-3-8-29-24-21(33-15(2)22-19(25)4-5-20(27)23(22)26)11-16(12-30-24)17-13-31-32(14-17)18-6-9-28-10-7-18/h4-5,11-15,18,28H,3,6-10H2,1-2H3,(H,29,30)/t15-/m1/s1. The molecule has 2 N–H and O–H groups in total. The van der Waals surface area contributed by atoms with Crippen LogP contribution in [0.5, 0.6) is 5.75 Å². The Balaban J connectivity index is 1.63. The Bertz CT molecular complexity index is 1100. The van der Waals surface area contributed by atoms with Crippen LogP contribution in [0.25, 0.3) is 11.1 Å². The van der Waals surface area contributed by atoms with Crippen molar-refractivity contribution in [2.24, 2.45) is 0 Å². The summed E-state index contributed by atoms with van der Waals surface area (Å²) in [6, 6.07) is 5.05. The molecule has 1 aliphatic heterocycles. The van der Waals surface area contributed by atoms with Gasteiger partial charge >= 0.3 is 0 Å². The van der Waals surface area contributed by atoms with Crippen molar-refractivity contribution in [3.63, 3.8) is 0 Å². The zero-order chi connectivity index (χ0) is 23.4. The van der Waals surface area contributed by atoms with Crippen LogP contribution in [0.1, 0.15) is 50.8 Å². The van der Waals surface area contributed by atoms with E-state index in [1.165, 1.54) is 12.1 Å². The molecule has 0 radical (unpaired) electrons. The lowest BCUT2D eigenvalue weighted by Crippen LogP contribution is -2.29. The third-order valence-electron chi connectivity index (χ3n) is 5.80. The van der Waals surface area contributed by atoms with Crippen molar-refractivity contribution < 1.29 is 9.13 Å². The highest BCUT2D eigenvalue weighted by atomic mass is 35.5. The lowest BCUT2D eigenvalue weighted by Gasteiger charge is -2.22. The summed E-state index contributed by atoms with van der Waals surface area (Å²) in [5.74, 6) is 0.620. The average Bonchev–Trinajstić information content (AvgIpc) is 3.32. The molecule has 6 nitrogen and oxygen atoms in total. The molecule has 1 fully saturated rings. The summed E-state index contributed by atoms with van der Waals surface area (Å²) in [4.78, 5) is 4.60. The average molecular weight is 492 g/mol. The fraction of sp³-hybridized carbons (Fsp3) is 0.417. The van der Waals surface area contributed by atoms with Gasteiger partial charge in [0.15, 0.2) is 11.6 Å². The van der Waals surface area contributed by atoms with Crippen LogP contribution in [-0.2, 0) is 0 Å². The number of piperidine rings is 1. The number of nitrogens with zero attached hydrogens (tertiary/aromatic N) is 3. The molecule has 3 heterocycles. The minimum atomic E-state index is -0.586. The van der Waals surface area contributed by atoms with Gasteiger partial charge in [-0.3, -0.25) is 4.68 Å². The van der Waals surface area contributed by atoms with Gasteiger partial charge in [0.25, 0.3) is 0 Å². The second-order valence-corrected chi connectivity index (χ2v) is 8.99. The van der Waals surface area contributed by atoms with Crippen LogP contribution < -0.4 is 15.4 Å². The van der Waals surface area contributed by atoms with E-state index < -0.39 is 11.9 Å². The van der Waals surface area contributed by atoms with E-state index in [1.54, 1.807) is 13.1 Å². The van der Waals surface area contributed by atoms with Crippen LogP contribution in [0.2, 0.25) is 10.0 Å². The summed E-state index contributed by atoms with van der Waals surface area (Å²) < 4.78 is 22.3. The van der Waals surface area contributed by atoms with E-state index >= 15 is 0 Å². The summed E-state index contributed by atoms with van der Waals surface area (Å²) in [5, 5.41) is 11.6. The zero-order valence-electron chi connectivity index (χ0n) is 18.7. The molecule has 1 saturated heterocycles. The summed E-state index contributed by atoms with van der Waals surface area (Å²) in [5.41, 5.74) is 2.25. The molecule has 0 spiro atoms. The van der Waals surface area contributed by atoms with Crippen LogP contribution in [-0.4, -0.2) is 34.4 Å². The third-order valence-corrected chi connectivity index (χ3v) is 6.52. The van der Waals surface area contributed by atoms with Gasteiger partial charge < -0.3 is 15.4 Å². The maximum atomic E-state index is 14.1. The molecule has 0 bridgehead atoms. The number of pyridine rings is 1. The topological polar surface area (TPSA) is 64.0 Å². The van der Waals surface area contributed by atoms with Gasteiger partial charge in [0.05, 0.1) is 17.3 Å². The van der Waals surface area contributed by atoms with Crippen LogP contribution in [0.3, 0.4) is 0 Å². The van der Waals surface area contributed by atoms with Crippen LogP contribution >= 0.6 is 23.2 Å². The first kappa shape index (κ1) is 23.8. The number of halogens is 3. The summed E-state index contributed by atoms with van der Waals surface area (Å²) in [7, 11) is 0. The summed E-state index contributed by atoms with van der Waals surface area (Å²) in [6.45, 7) is 6.61. The van der Waals surface area contributed by atoms with Gasteiger partial charge in [0, 0.05) is 40.7 Å². The van der Waals surface area contributed by atoms with E-state index in [0.29, 0.717) is 28.2 Å². The number of hydrogen-bond donors (Lipinski definition) is 2. The smallest absolute Gasteiger partial charge is 0.168 e. The fourth-order valence-electron chi connectivity index (χ4n) is 3.99. The number of ether oxygens (including phenoxy) is 1. The van der Waals surface area contributed by atoms with Gasteiger partial charge in [-0.25, -0.2) is 9.37 Å². The number of nitrogens with one attached hydrogen (secondary N) is 2. The first-order valence-corrected chi connectivity index (χ1v) is 12.0. The predicted octanol–water partition coefficient (Wildman–Crippen LogP) is 6.28. The Morgan fingerprint density at radius 2 is 2.03 bits per heavy atom. The molecule has 176 valence electrons. The molecule has 0 aliphatic carbocycles. The molecule has 4 rings (SSSR count). The van der Waals surface area contributed by atoms with Crippen molar-refractivity contribution in [1.29, 1.82) is 0 Å². The van der Waals surface area contributed by atoms with Gasteiger partial charge in [0.2, 0.25) is 0 Å². The molecular weight excluding hydrogens is 464 g/mol. The molecule has 1 atom stereocenters. The number of aromatic nitrogens is 3. The zero-order valence-corrected chi connectivity index (χ0v) is 20.3. The highest BCUT2D eigenvalue weighted by molar-refractivity contribution is 6.36. The van der Waals surface area contributed by atoms with Crippen molar-refractivity contribution in [1.82, 2.24) is 20.1 Å². The number of hydrogen-bond acceptors (Lipinski definition) is 5. The second kappa shape index (κ2) is 10.7. The Morgan fingerprint density at radius 1 is 1.24 bits per heavy atom. The minimum Gasteiger partial charge on any atom is -0.482 e. The molecule has 0 saturated carbocycles. The van der Waals surface area contributed by atoms with Gasteiger partial charge in [-0.1, -0.05) is 30.1 Å². The van der Waals surface area contributed by atoms with Gasteiger partial charge in [-0.15, -0.1) is 0 Å². The normalized spacial score (nSPS) is 15.4. The third kappa shape index (κ3) is 5.42. The Hall–Kier alpha value is -2.35. The fourth-order valence-corrected chi connectivity index (χ4v) is 4.67. The second-order valence-electron chi connectivity index (χ2n) is 8.20. The highest BCUT2D eigenvalue weighted by Gasteiger charge is 2.21. The van der Waals surface area contributed by atoms with Crippen molar-refractivity contribution in [2.45, 2.75) is 45.3 Å². The predicted molar refractivity (Wildman–Crippen MR) is 131 cm³/mol. The van der Waals surface area contributed by atoms with Crippen molar-refractivity contribution >= 4 is 29.0 Å². The maximum Gasteiger partial charge on any atom is 0.168 e. The van der Waals surface area contributed by atoms with Crippen LogP contribution in [0.4, 0.5) is 10.2 Å². The summed E-state index contributed by atoms with van der Waals surface area (Å²) >= 11 is 12.5. The van der Waals surface area contributed by atoms with Gasteiger partial charge in [-0.2, -0.15) is 5.10 Å². The minimum absolute atomic E-state index is 0.0366. The SMILES string of the molecule is CCCNc1ncc(-c2cnn(C3CCNCC3)c2)cc1O[C@H](C)c1c(Cl)ccc(F)c1Cl. The van der Waals surface area contributed by atoms with Crippen molar-refractivity contribution in [3.8, 4) is 16.9 Å². The maximum absolute atomic E-state index is 14.1. The highest BCUT2D eigenvalue weighted by Crippen LogP contribution is 2.37. The molecule has 0 amide bonds. The molecular formula is C24H28Cl2FN5O. The molecule has 1 aromatic carbocycles. The molecule has 9 heteroatoms. The lowest BCUT2D eigenvalue weighted by atomic mass is 10.1. The number of benzene rings is 1. The Kier molecular flexibility index (Phi) is 7.73. The largest absolute Gasteiger partial charge is 0.482 e.